The van der Waals surface area contributed by atoms with Crippen LogP contribution in [0.5, 0.6) is 0 Å². The molecule has 4 heteroatoms. The fourth-order valence-electron chi connectivity index (χ4n) is 2.41. The van der Waals surface area contributed by atoms with E-state index in [2.05, 4.69) is 11.6 Å². The van der Waals surface area contributed by atoms with E-state index in [9.17, 15) is 4.79 Å². The summed E-state index contributed by atoms with van der Waals surface area (Å²) in [5.74, 6) is 1.73. The SMILES string of the molecule is CSCCN1CC2NCCCC2C1=O. The molecule has 0 aromatic rings. The van der Waals surface area contributed by atoms with E-state index in [1.807, 2.05) is 16.7 Å². The Hall–Kier alpha value is -0.220. The number of nitrogens with one attached hydrogen (secondary N) is 1. The Morgan fingerprint density at radius 2 is 2.50 bits per heavy atom. The summed E-state index contributed by atoms with van der Waals surface area (Å²) < 4.78 is 0. The number of hydrogen-bond donors (Lipinski definition) is 1. The molecular weight excluding hydrogens is 196 g/mol. The molecule has 2 unspecified atom stereocenters. The number of likely N-dealkylation sites (tertiary alicyclic amines) is 1. The van der Waals surface area contributed by atoms with Crippen LogP contribution in [0.4, 0.5) is 0 Å². The summed E-state index contributed by atoms with van der Waals surface area (Å²) >= 11 is 1.81. The maximum absolute atomic E-state index is 11.9. The van der Waals surface area contributed by atoms with Gasteiger partial charge in [-0.3, -0.25) is 4.79 Å². The second kappa shape index (κ2) is 4.53. The van der Waals surface area contributed by atoms with Gasteiger partial charge in [0.25, 0.3) is 0 Å². The maximum atomic E-state index is 11.9. The Balaban J connectivity index is 1.92. The molecule has 0 saturated carbocycles. The minimum Gasteiger partial charge on any atom is -0.340 e. The maximum Gasteiger partial charge on any atom is 0.227 e. The summed E-state index contributed by atoms with van der Waals surface area (Å²) in [5, 5.41) is 3.45. The number of carbonyl (C=O) groups excluding carboxylic acids is 1. The smallest absolute Gasteiger partial charge is 0.227 e. The molecule has 2 fully saturated rings. The lowest BCUT2D eigenvalue weighted by molar-refractivity contribution is -0.131. The lowest BCUT2D eigenvalue weighted by atomic mass is 9.94. The molecule has 3 nitrogen and oxygen atoms in total. The molecule has 0 aromatic heterocycles. The van der Waals surface area contributed by atoms with Crippen LogP contribution in [0, 0.1) is 5.92 Å². The van der Waals surface area contributed by atoms with E-state index in [1.165, 1.54) is 0 Å². The minimum absolute atomic E-state index is 0.283. The van der Waals surface area contributed by atoms with Crippen molar-refractivity contribution in [3.8, 4) is 0 Å². The van der Waals surface area contributed by atoms with Crippen molar-refractivity contribution in [3.05, 3.63) is 0 Å². The summed E-state index contributed by atoms with van der Waals surface area (Å²) in [6.45, 7) is 2.95. The fourth-order valence-corrected chi connectivity index (χ4v) is 2.81. The number of amides is 1. The zero-order valence-corrected chi connectivity index (χ0v) is 9.48. The number of carbonyl (C=O) groups is 1. The van der Waals surface area contributed by atoms with Gasteiger partial charge in [0.2, 0.25) is 5.91 Å². The molecule has 0 aliphatic carbocycles. The van der Waals surface area contributed by atoms with Gasteiger partial charge >= 0.3 is 0 Å². The van der Waals surface area contributed by atoms with Gasteiger partial charge in [0.05, 0.1) is 5.92 Å². The highest BCUT2D eigenvalue weighted by Gasteiger charge is 2.40. The van der Waals surface area contributed by atoms with Crippen molar-refractivity contribution in [3.63, 3.8) is 0 Å². The van der Waals surface area contributed by atoms with E-state index in [0.717, 1.165) is 38.2 Å². The largest absolute Gasteiger partial charge is 0.340 e. The monoisotopic (exact) mass is 214 g/mol. The molecular formula is C10H18N2OS. The van der Waals surface area contributed by atoms with Gasteiger partial charge in [-0.15, -0.1) is 0 Å². The third kappa shape index (κ3) is 1.91. The molecule has 0 spiro atoms. The lowest BCUT2D eigenvalue weighted by Crippen LogP contribution is -2.41. The Morgan fingerprint density at radius 3 is 3.21 bits per heavy atom. The molecule has 2 aliphatic heterocycles. The number of nitrogens with zero attached hydrogens (tertiary/aromatic N) is 1. The molecule has 2 rings (SSSR count). The van der Waals surface area contributed by atoms with Gasteiger partial charge in [-0.25, -0.2) is 0 Å². The standard InChI is InChI=1S/C10H18N2OS/c1-14-6-5-12-7-9-8(10(12)13)3-2-4-11-9/h8-9,11H,2-7H2,1H3. The third-order valence-electron chi connectivity index (χ3n) is 3.20. The number of hydrogen-bond acceptors (Lipinski definition) is 3. The normalized spacial score (nSPS) is 32.1. The van der Waals surface area contributed by atoms with E-state index < -0.39 is 0 Å². The average Bonchev–Trinajstić information content (AvgIpc) is 2.54. The summed E-state index contributed by atoms with van der Waals surface area (Å²) in [7, 11) is 0. The van der Waals surface area contributed by atoms with Crippen molar-refractivity contribution < 1.29 is 4.79 Å². The number of rotatable bonds is 3. The molecule has 0 bridgehead atoms. The molecule has 2 atom stereocenters. The first-order valence-corrected chi connectivity index (χ1v) is 6.73. The van der Waals surface area contributed by atoms with Gasteiger partial charge in [0.15, 0.2) is 0 Å². The first-order valence-electron chi connectivity index (χ1n) is 5.34. The van der Waals surface area contributed by atoms with E-state index in [4.69, 9.17) is 0 Å². The van der Waals surface area contributed by atoms with Crippen molar-refractivity contribution >= 4 is 17.7 Å². The average molecular weight is 214 g/mol. The zero-order valence-electron chi connectivity index (χ0n) is 8.66. The minimum atomic E-state index is 0.283. The molecule has 0 radical (unpaired) electrons. The molecule has 80 valence electrons. The highest BCUT2D eigenvalue weighted by Crippen LogP contribution is 2.26. The van der Waals surface area contributed by atoms with Crippen molar-refractivity contribution in [1.82, 2.24) is 10.2 Å². The first kappa shape index (κ1) is 10.3. The van der Waals surface area contributed by atoms with Crippen molar-refractivity contribution in [1.29, 1.82) is 0 Å². The van der Waals surface area contributed by atoms with E-state index in [1.54, 1.807) is 0 Å². The zero-order chi connectivity index (χ0) is 9.97. The molecule has 1 amide bonds. The van der Waals surface area contributed by atoms with E-state index in [0.29, 0.717) is 11.9 Å². The van der Waals surface area contributed by atoms with Crippen molar-refractivity contribution in [2.75, 3.05) is 31.6 Å². The summed E-state index contributed by atoms with van der Waals surface area (Å²) in [5.41, 5.74) is 0. The van der Waals surface area contributed by atoms with Gasteiger partial charge in [-0.05, 0) is 25.6 Å². The Kier molecular flexibility index (Phi) is 3.34. The highest BCUT2D eigenvalue weighted by atomic mass is 32.2. The molecule has 2 saturated heterocycles. The predicted molar refractivity (Wildman–Crippen MR) is 59.5 cm³/mol. The van der Waals surface area contributed by atoms with E-state index in [-0.39, 0.29) is 5.92 Å². The van der Waals surface area contributed by atoms with Gasteiger partial charge < -0.3 is 10.2 Å². The molecule has 0 aromatic carbocycles. The number of piperidine rings is 1. The second-order valence-corrected chi connectivity index (χ2v) is 5.07. The molecule has 14 heavy (non-hydrogen) atoms. The number of thioether (sulfide) groups is 1. The van der Waals surface area contributed by atoms with Gasteiger partial charge in [-0.1, -0.05) is 0 Å². The summed E-state index contributed by atoms with van der Waals surface area (Å²) in [6, 6.07) is 0.443. The summed E-state index contributed by atoms with van der Waals surface area (Å²) in [4.78, 5) is 14.0. The van der Waals surface area contributed by atoms with Gasteiger partial charge in [0.1, 0.15) is 0 Å². The Labute approximate surface area is 89.6 Å². The van der Waals surface area contributed by atoms with Crippen LogP contribution in [0.25, 0.3) is 0 Å². The molecule has 2 heterocycles. The van der Waals surface area contributed by atoms with Crippen LogP contribution in [0.1, 0.15) is 12.8 Å². The summed E-state index contributed by atoms with van der Waals surface area (Å²) in [6.07, 6.45) is 4.33. The van der Waals surface area contributed by atoms with Crippen LogP contribution in [-0.4, -0.2) is 48.5 Å². The first-order chi connectivity index (χ1) is 6.83. The predicted octanol–water partition coefficient (Wildman–Crippen LogP) is 0.560. The van der Waals surface area contributed by atoms with Crippen molar-refractivity contribution in [2.24, 2.45) is 5.92 Å². The quantitative estimate of drug-likeness (QED) is 0.745. The fraction of sp³-hybridized carbons (Fsp3) is 0.900. The van der Waals surface area contributed by atoms with Crippen molar-refractivity contribution in [2.45, 2.75) is 18.9 Å². The lowest BCUT2D eigenvalue weighted by Gasteiger charge is -2.23. The van der Waals surface area contributed by atoms with E-state index >= 15 is 0 Å². The second-order valence-electron chi connectivity index (χ2n) is 4.09. The highest BCUT2D eigenvalue weighted by molar-refractivity contribution is 7.98. The van der Waals surface area contributed by atoms with Crippen LogP contribution in [0.3, 0.4) is 0 Å². The van der Waals surface area contributed by atoms with Crippen LogP contribution < -0.4 is 5.32 Å². The Bertz CT molecular complexity index is 222. The third-order valence-corrected chi connectivity index (χ3v) is 3.79. The molecule has 1 N–H and O–H groups in total. The topological polar surface area (TPSA) is 32.3 Å². The van der Waals surface area contributed by atoms with Crippen LogP contribution >= 0.6 is 11.8 Å². The van der Waals surface area contributed by atoms with Crippen LogP contribution in [0.15, 0.2) is 0 Å². The molecule has 2 aliphatic rings. The van der Waals surface area contributed by atoms with Gasteiger partial charge in [0, 0.05) is 24.9 Å². The van der Waals surface area contributed by atoms with Gasteiger partial charge in [-0.2, -0.15) is 11.8 Å². The van der Waals surface area contributed by atoms with Crippen LogP contribution in [0.2, 0.25) is 0 Å². The number of fused-ring (bicyclic) bond motifs is 1. The Morgan fingerprint density at radius 1 is 1.64 bits per heavy atom. The van der Waals surface area contributed by atoms with Crippen LogP contribution in [-0.2, 0) is 4.79 Å².